The van der Waals surface area contributed by atoms with Crippen LogP contribution in [0.15, 0.2) is 0 Å². The number of likely N-dealkylation sites (tertiary alicyclic amines) is 1. The van der Waals surface area contributed by atoms with Gasteiger partial charge in [-0.05, 0) is 19.9 Å². The molecule has 0 radical (unpaired) electrons. The Hall–Kier alpha value is -1.30. The molecule has 6 heteroatoms. The van der Waals surface area contributed by atoms with Gasteiger partial charge >= 0.3 is 12.1 Å². The van der Waals surface area contributed by atoms with Gasteiger partial charge in [-0.15, -0.1) is 0 Å². The Bertz CT molecular complexity index is 244. The molecule has 1 aliphatic heterocycles. The molecule has 0 aromatic carbocycles. The molecule has 1 saturated heterocycles. The number of likely N-dealkylation sites (N-methyl/N-ethyl adjacent to an activating group) is 1. The first-order valence-corrected chi connectivity index (χ1v) is 4.97. The molecule has 1 atom stereocenters. The number of nitrogens with one attached hydrogen (secondary N) is 1. The van der Waals surface area contributed by atoms with Crippen LogP contribution in [-0.2, 0) is 9.53 Å². The van der Waals surface area contributed by atoms with E-state index in [4.69, 9.17) is 9.84 Å². The van der Waals surface area contributed by atoms with Crippen LogP contribution < -0.4 is 5.32 Å². The summed E-state index contributed by atoms with van der Waals surface area (Å²) in [5.41, 5.74) is 0. The lowest BCUT2D eigenvalue weighted by Gasteiger charge is -2.20. The summed E-state index contributed by atoms with van der Waals surface area (Å²) in [6, 6.07) is -0.716. The third-order valence-corrected chi connectivity index (χ3v) is 2.35. The number of carbonyl (C=O) groups excluding carboxylic acids is 1. The molecule has 1 unspecified atom stereocenters. The van der Waals surface area contributed by atoms with E-state index in [-0.39, 0.29) is 6.61 Å². The van der Waals surface area contributed by atoms with Gasteiger partial charge in [0.1, 0.15) is 12.6 Å². The van der Waals surface area contributed by atoms with Crippen molar-refractivity contribution in [3.8, 4) is 0 Å². The van der Waals surface area contributed by atoms with Crippen LogP contribution in [0.1, 0.15) is 12.8 Å². The fourth-order valence-corrected chi connectivity index (χ4v) is 1.57. The summed E-state index contributed by atoms with van der Waals surface area (Å²) in [4.78, 5) is 23.5. The number of carboxylic acids is 1. The molecule has 0 aromatic heterocycles. The van der Waals surface area contributed by atoms with E-state index in [1.807, 2.05) is 0 Å². The minimum absolute atomic E-state index is 0.262. The van der Waals surface area contributed by atoms with Gasteiger partial charge in [0.25, 0.3) is 0 Å². The van der Waals surface area contributed by atoms with Crippen LogP contribution in [0.2, 0.25) is 0 Å². The first kappa shape index (κ1) is 11.8. The molecule has 1 fully saturated rings. The van der Waals surface area contributed by atoms with E-state index in [2.05, 4.69) is 5.32 Å². The van der Waals surface area contributed by atoms with Crippen molar-refractivity contribution in [3.63, 3.8) is 0 Å². The van der Waals surface area contributed by atoms with Crippen LogP contribution in [0.3, 0.4) is 0 Å². The quantitative estimate of drug-likeness (QED) is 0.641. The highest BCUT2D eigenvalue weighted by atomic mass is 16.6. The van der Waals surface area contributed by atoms with E-state index in [1.165, 1.54) is 4.90 Å². The fraction of sp³-hybridized carbons (Fsp3) is 0.778. The van der Waals surface area contributed by atoms with Crippen LogP contribution >= 0.6 is 0 Å². The minimum Gasteiger partial charge on any atom is -0.480 e. The van der Waals surface area contributed by atoms with E-state index < -0.39 is 18.1 Å². The first-order chi connectivity index (χ1) is 7.16. The predicted octanol–water partition coefficient (Wildman–Crippen LogP) is -0.109. The van der Waals surface area contributed by atoms with Crippen molar-refractivity contribution in [2.24, 2.45) is 0 Å². The van der Waals surface area contributed by atoms with E-state index >= 15 is 0 Å². The summed E-state index contributed by atoms with van der Waals surface area (Å²) in [6.07, 6.45) is 0.698. The molecular weight excluding hydrogens is 200 g/mol. The zero-order chi connectivity index (χ0) is 11.3. The number of carboxylic acid groups (broad SMARTS) is 1. The summed E-state index contributed by atoms with van der Waals surface area (Å²) in [5, 5.41) is 11.7. The molecule has 86 valence electrons. The van der Waals surface area contributed by atoms with E-state index in [1.54, 1.807) is 7.05 Å². The van der Waals surface area contributed by atoms with Crippen LogP contribution in [0.4, 0.5) is 4.79 Å². The minimum atomic E-state index is -0.960. The molecular formula is C9H16N2O4. The summed E-state index contributed by atoms with van der Waals surface area (Å²) in [7, 11) is 1.75. The van der Waals surface area contributed by atoms with Crippen molar-refractivity contribution in [2.75, 3.05) is 26.7 Å². The highest BCUT2D eigenvalue weighted by Crippen LogP contribution is 2.18. The third-order valence-electron chi connectivity index (χ3n) is 2.35. The maximum absolute atomic E-state index is 11.4. The van der Waals surface area contributed by atoms with Gasteiger partial charge in [0, 0.05) is 13.1 Å². The second-order valence-corrected chi connectivity index (χ2v) is 3.41. The summed E-state index contributed by atoms with van der Waals surface area (Å²) < 4.78 is 4.91. The maximum Gasteiger partial charge on any atom is 0.410 e. The Morgan fingerprint density at radius 1 is 1.60 bits per heavy atom. The average Bonchev–Trinajstić information content (AvgIpc) is 2.66. The summed E-state index contributed by atoms with van der Waals surface area (Å²) in [5.74, 6) is -0.960. The Kier molecular flexibility index (Phi) is 4.36. The van der Waals surface area contributed by atoms with Crippen molar-refractivity contribution in [1.82, 2.24) is 10.2 Å². The molecule has 1 rings (SSSR count). The molecule has 2 N–H and O–H groups in total. The third kappa shape index (κ3) is 3.09. The maximum atomic E-state index is 11.4. The molecule has 1 aliphatic rings. The number of nitrogens with zero attached hydrogens (tertiary/aromatic N) is 1. The highest BCUT2D eigenvalue weighted by molar-refractivity contribution is 5.80. The molecule has 0 saturated carbocycles. The van der Waals surface area contributed by atoms with E-state index in [0.29, 0.717) is 19.5 Å². The Labute approximate surface area is 88.2 Å². The smallest absolute Gasteiger partial charge is 0.410 e. The topological polar surface area (TPSA) is 78.9 Å². The van der Waals surface area contributed by atoms with Gasteiger partial charge in [-0.2, -0.15) is 0 Å². The molecule has 0 aromatic rings. The van der Waals surface area contributed by atoms with Gasteiger partial charge in [-0.25, -0.2) is 9.59 Å². The normalized spacial score (nSPS) is 20.3. The lowest BCUT2D eigenvalue weighted by atomic mass is 10.2. The molecule has 1 amide bonds. The lowest BCUT2D eigenvalue weighted by Crippen LogP contribution is -2.41. The largest absolute Gasteiger partial charge is 0.480 e. The summed E-state index contributed by atoms with van der Waals surface area (Å²) in [6.45, 7) is 1.30. The number of ether oxygens (including phenoxy) is 1. The van der Waals surface area contributed by atoms with Crippen molar-refractivity contribution in [1.29, 1.82) is 0 Å². The Morgan fingerprint density at radius 2 is 2.33 bits per heavy atom. The predicted molar refractivity (Wildman–Crippen MR) is 52.6 cm³/mol. The van der Waals surface area contributed by atoms with Gasteiger partial charge in [0.05, 0.1) is 0 Å². The zero-order valence-corrected chi connectivity index (χ0v) is 8.73. The van der Waals surface area contributed by atoms with Gasteiger partial charge in [0.2, 0.25) is 0 Å². The van der Waals surface area contributed by atoms with Crippen molar-refractivity contribution in [3.05, 3.63) is 0 Å². The zero-order valence-electron chi connectivity index (χ0n) is 8.73. The molecule has 0 bridgehead atoms. The van der Waals surface area contributed by atoms with Crippen LogP contribution in [0, 0.1) is 0 Å². The molecule has 0 spiro atoms. The lowest BCUT2D eigenvalue weighted by molar-refractivity contribution is -0.141. The van der Waals surface area contributed by atoms with Crippen molar-refractivity contribution >= 4 is 12.1 Å². The van der Waals surface area contributed by atoms with Gasteiger partial charge in [-0.1, -0.05) is 0 Å². The Morgan fingerprint density at radius 3 is 2.93 bits per heavy atom. The van der Waals surface area contributed by atoms with Crippen molar-refractivity contribution in [2.45, 2.75) is 18.9 Å². The molecule has 6 nitrogen and oxygen atoms in total. The molecule has 15 heavy (non-hydrogen) atoms. The molecule has 0 aliphatic carbocycles. The second-order valence-electron chi connectivity index (χ2n) is 3.41. The fourth-order valence-electron chi connectivity index (χ4n) is 1.57. The van der Waals surface area contributed by atoms with Crippen molar-refractivity contribution < 1.29 is 19.4 Å². The van der Waals surface area contributed by atoms with Crippen LogP contribution in [-0.4, -0.2) is 54.9 Å². The number of hydrogen-bond donors (Lipinski definition) is 2. The highest BCUT2D eigenvalue weighted by Gasteiger charge is 2.34. The number of rotatable bonds is 4. The second kappa shape index (κ2) is 5.55. The van der Waals surface area contributed by atoms with Gasteiger partial charge in [-0.3, -0.25) is 4.90 Å². The van der Waals surface area contributed by atoms with Gasteiger partial charge in [0.15, 0.2) is 0 Å². The van der Waals surface area contributed by atoms with E-state index in [0.717, 1.165) is 6.42 Å². The SMILES string of the molecule is CNCCOC(=O)N1CCCC1C(=O)O. The number of carbonyl (C=O) groups is 2. The van der Waals surface area contributed by atoms with E-state index in [9.17, 15) is 9.59 Å². The number of aliphatic carboxylic acids is 1. The molecule has 1 heterocycles. The van der Waals surface area contributed by atoms with Gasteiger partial charge < -0.3 is 15.2 Å². The standard InChI is InChI=1S/C9H16N2O4/c1-10-4-6-15-9(14)11-5-2-3-7(11)8(12)13/h7,10H,2-6H2,1H3,(H,12,13). The number of hydrogen-bond acceptors (Lipinski definition) is 4. The first-order valence-electron chi connectivity index (χ1n) is 4.97. The average molecular weight is 216 g/mol. The number of amides is 1. The Balaban J connectivity index is 2.40. The monoisotopic (exact) mass is 216 g/mol. The van der Waals surface area contributed by atoms with Crippen LogP contribution in [0.25, 0.3) is 0 Å². The summed E-state index contributed by atoms with van der Waals surface area (Å²) >= 11 is 0. The van der Waals surface area contributed by atoms with Crippen LogP contribution in [0.5, 0.6) is 0 Å².